The van der Waals surface area contributed by atoms with Crippen LogP contribution in [-0.2, 0) is 4.79 Å². The minimum Gasteiger partial charge on any atom is -0.481 e. The molecular formula is C11H12N2O4. The Morgan fingerprint density at radius 3 is 2.65 bits per heavy atom. The molecule has 0 radical (unpaired) electrons. The Morgan fingerprint density at radius 2 is 2.06 bits per heavy atom. The van der Waals surface area contributed by atoms with Gasteiger partial charge in [0.25, 0.3) is 11.6 Å². The average molecular weight is 236 g/mol. The van der Waals surface area contributed by atoms with E-state index in [1.165, 1.54) is 24.3 Å². The molecule has 17 heavy (non-hydrogen) atoms. The standard InChI is InChI=1S/C11H12N2O4/c14-11-10(2-1-7-12-11)17-9-5-3-8(4-6-9)13(15)16/h3-6,10H,1-2,7H2,(H,12,14). The number of carbonyl (C=O) groups excluding carboxylic acids is 1. The lowest BCUT2D eigenvalue weighted by atomic mass is 10.1. The van der Waals surface area contributed by atoms with Gasteiger partial charge in [-0.3, -0.25) is 14.9 Å². The summed E-state index contributed by atoms with van der Waals surface area (Å²) in [5.74, 6) is 0.340. The molecule has 1 aromatic carbocycles. The van der Waals surface area contributed by atoms with Gasteiger partial charge in [-0.25, -0.2) is 0 Å². The summed E-state index contributed by atoms with van der Waals surface area (Å²) >= 11 is 0. The van der Waals surface area contributed by atoms with E-state index in [-0.39, 0.29) is 11.6 Å². The monoisotopic (exact) mass is 236 g/mol. The number of non-ortho nitro benzene ring substituents is 1. The van der Waals surface area contributed by atoms with Gasteiger partial charge in [0.05, 0.1) is 4.92 Å². The number of piperidine rings is 1. The van der Waals surface area contributed by atoms with Crippen molar-refractivity contribution in [3.63, 3.8) is 0 Å². The van der Waals surface area contributed by atoms with Crippen molar-refractivity contribution < 1.29 is 14.5 Å². The molecule has 0 aliphatic carbocycles. The maximum Gasteiger partial charge on any atom is 0.269 e. The molecule has 1 saturated heterocycles. The first-order valence-corrected chi connectivity index (χ1v) is 5.35. The van der Waals surface area contributed by atoms with Gasteiger partial charge in [-0.1, -0.05) is 0 Å². The van der Waals surface area contributed by atoms with Crippen LogP contribution in [0.2, 0.25) is 0 Å². The third-order valence-corrected chi connectivity index (χ3v) is 2.56. The number of rotatable bonds is 3. The molecule has 1 atom stereocenters. The molecule has 1 heterocycles. The van der Waals surface area contributed by atoms with Gasteiger partial charge in [0.2, 0.25) is 0 Å². The predicted molar refractivity (Wildman–Crippen MR) is 59.8 cm³/mol. The molecule has 1 aromatic rings. The second kappa shape index (κ2) is 4.82. The van der Waals surface area contributed by atoms with E-state index in [4.69, 9.17) is 4.74 Å². The van der Waals surface area contributed by atoms with E-state index in [9.17, 15) is 14.9 Å². The Morgan fingerprint density at radius 1 is 1.35 bits per heavy atom. The third kappa shape index (κ3) is 2.72. The van der Waals surface area contributed by atoms with Crippen molar-refractivity contribution in [3.8, 4) is 5.75 Å². The highest BCUT2D eigenvalue weighted by molar-refractivity contribution is 5.81. The van der Waals surface area contributed by atoms with Crippen molar-refractivity contribution in [2.45, 2.75) is 18.9 Å². The molecule has 1 fully saturated rings. The lowest BCUT2D eigenvalue weighted by Crippen LogP contribution is -2.43. The molecule has 1 unspecified atom stereocenters. The van der Waals surface area contributed by atoms with Crippen molar-refractivity contribution >= 4 is 11.6 Å². The van der Waals surface area contributed by atoms with Crippen LogP contribution < -0.4 is 10.1 Å². The second-order valence-corrected chi connectivity index (χ2v) is 3.79. The Hall–Kier alpha value is -2.11. The largest absolute Gasteiger partial charge is 0.481 e. The number of nitro benzene ring substituents is 1. The fraction of sp³-hybridized carbons (Fsp3) is 0.364. The molecule has 2 rings (SSSR count). The van der Waals surface area contributed by atoms with Gasteiger partial charge in [-0.05, 0) is 25.0 Å². The summed E-state index contributed by atoms with van der Waals surface area (Å²) in [6.07, 6.45) is 1.05. The molecule has 1 N–H and O–H groups in total. The van der Waals surface area contributed by atoms with Crippen molar-refractivity contribution in [3.05, 3.63) is 34.4 Å². The summed E-state index contributed by atoms with van der Waals surface area (Å²) in [5.41, 5.74) is 0.00504. The predicted octanol–water partition coefficient (Wildman–Crippen LogP) is 1.25. The summed E-state index contributed by atoms with van der Waals surface area (Å²) in [7, 11) is 0. The summed E-state index contributed by atoms with van der Waals surface area (Å²) in [6.45, 7) is 0.680. The van der Waals surface area contributed by atoms with Crippen molar-refractivity contribution in [2.75, 3.05) is 6.54 Å². The number of ether oxygens (including phenoxy) is 1. The van der Waals surface area contributed by atoms with Gasteiger partial charge in [0.1, 0.15) is 5.75 Å². The first-order valence-electron chi connectivity index (χ1n) is 5.35. The Labute approximate surface area is 97.7 Å². The quantitative estimate of drug-likeness (QED) is 0.632. The first kappa shape index (κ1) is 11.4. The van der Waals surface area contributed by atoms with Crippen LogP contribution in [-0.4, -0.2) is 23.5 Å². The lowest BCUT2D eigenvalue weighted by molar-refractivity contribution is -0.384. The average Bonchev–Trinajstić information content (AvgIpc) is 2.33. The molecule has 0 spiro atoms. The number of nitrogens with zero attached hydrogens (tertiary/aromatic N) is 1. The van der Waals surface area contributed by atoms with Crippen LogP contribution in [0.15, 0.2) is 24.3 Å². The van der Waals surface area contributed by atoms with E-state index in [1.807, 2.05) is 0 Å². The second-order valence-electron chi connectivity index (χ2n) is 3.79. The number of hydrogen-bond donors (Lipinski definition) is 1. The van der Waals surface area contributed by atoms with E-state index >= 15 is 0 Å². The fourth-order valence-electron chi connectivity index (χ4n) is 1.67. The van der Waals surface area contributed by atoms with Gasteiger partial charge < -0.3 is 10.1 Å². The van der Waals surface area contributed by atoms with Crippen LogP contribution in [0.4, 0.5) is 5.69 Å². The van der Waals surface area contributed by atoms with Gasteiger partial charge >= 0.3 is 0 Å². The minimum absolute atomic E-state index is 0.00504. The van der Waals surface area contributed by atoms with Crippen LogP contribution in [0.25, 0.3) is 0 Å². The third-order valence-electron chi connectivity index (χ3n) is 2.56. The van der Waals surface area contributed by atoms with Crippen molar-refractivity contribution in [1.82, 2.24) is 5.32 Å². The van der Waals surface area contributed by atoms with E-state index < -0.39 is 11.0 Å². The SMILES string of the molecule is O=C1NCCCC1Oc1ccc([N+](=O)[O-])cc1. The lowest BCUT2D eigenvalue weighted by Gasteiger charge is -2.22. The molecule has 6 heteroatoms. The molecule has 0 saturated carbocycles. The molecule has 0 aromatic heterocycles. The zero-order valence-electron chi connectivity index (χ0n) is 9.09. The normalized spacial score (nSPS) is 19.5. The highest BCUT2D eigenvalue weighted by Crippen LogP contribution is 2.20. The molecule has 1 aliphatic rings. The van der Waals surface area contributed by atoms with Crippen molar-refractivity contribution in [2.24, 2.45) is 0 Å². The summed E-state index contributed by atoms with van der Waals surface area (Å²) in [6, 6.07) is 5.71. The molecule has 6 nitrogen and oxygen atoms in total. The van der Waals surface area contributed by atoms with E-state index in [2.05, 4.69) is 5.32 Å². The van der Waals surface area contributed by atoms with Crippen LogP contribution in [0.1, 0.15) is 12.8 Å². The molecule has 0 bridgehead atoms. The minimum atomic E-state index is -0.495. The van der Waals surface area contributed by atoms with Gasteiger partial charge in [-0.15, -0.1) is 0 Å². The summed E-state index contributed by atoms with van der Waals surface area (Å²) in [4.78, 5) is 21.4. The maximum atomic E-state index is 11.4. The number of amides is 1. The topological polar surface area (TPSA) is 81.5 Å². The van der Waals surface area contributed by atoms with Crippen molar-refractivity contribution in [1.29, 1.82) is 0 Å². The number of hydrogen-bond acceptors (Lipinski definition) is 4. The van der Waals surface area contributed by atoms with E-state index in [1.54, 1.807) is 0 Å². The Kier molecular flexibility index (Phi) is 3.22. The Balaban J connectivity index is 2.03. The van der Waals surface area contributed by atoms with E-state index in [0.717, 1.165) is 6.42 Å². The molecular weight excluding hydrogens is 224 g/mol. The summed E-state index contributed by atoms with van der Waals surface area (Å²) < 4.78 is 5.47. The van der Waals surface area contributed by atoms with Crippen LogP contribution in [0.5, 0.6) is 5.75 Å². The number of carbonyl (C=O) groups is 1. The smallest absolute Gasteiger partial charge is 0.269 e. The van der Waals surface area contributed by atoms with Crippen LogP contribution in [0, 0.1) is 10.1 Å². The highest BCUT2D eigenvalue weighted by atomic mass is 16.6. The number of benzene rings is 1. The number of nitro groups is 1. The van der Waals surface area contributed by atoms with E-state index in [0.29, 0.717) is 18.7 Å². The molecule has 1 aliphatic heterocycles. The van der Waals surface area contributed by atoms with Crippen LogP contribution >= 0.6 is 0 Å². The molecule has 90 valence electrons. The first-order chi connectivity index (χ1) is 8.16. The highest BCUT2D eigenvalue weighted by Gasteiger charge is 2.23. The zero-order valence-corrected chi connectivity index (χ0v) is 9.09. The van der Waals surface area contributed by atoms with Gasteiger partial charge in [-0.2, -0.15) is 0 Å². The summed E-state index contributed by atoms with van der Waals surface area (Å²) in [5, 5.41) is 13.2. The fourth-order valence-corrected chi connectivity index (χ4v) is 1.67. The van der Waals surface area contributed by atoms with Gasteiger partial charge in [0, 0.05) is 18.7 Å². The maximum absolute atomic E-state index is 11.4. The number of nitrogens with one attached hydrogen (secondary N) is 1. The van der Waals surface area contributed by atoms with Crippen LogP contribution in [0.3, 0.4) is 0 Å². The van der Waals surface area contributed by atoms with Gasteiger partial charge in [0.15, 0.2) is 6.10 Å². The Bertz CT molecular complexity index is 430. The molecule has 1 amide bonds. The zero-order chi connectivity index (χ0) is 12.3.